The van der Waals surface area contributed by atoms with Crippen LogP contribution in [0.25, 0.3) is 21.9 Å². The summed E-state index contributed by atoms with van der Waals surface area (Å²) in [6.07, 6.45) is 2.14. The van der Waals surface area contributed by atoms with Crippen molar-refractivity contribution >= 4 is 22.5 Å². The Morgan fingerprint density at radius 2 is 1.42 bits per heavy atom. The normalized spacial score (nSPS) is 10.8. The maximum atomic E-state index is 2.32. The summed E-state index contributed by atoms with van der Waals surface area (Å²) in [6.45, 7) is 2.21. The Hall–Kier alpha value is -1.73. The third-order valence-electron chi connectivity index (χ3n) is 3.57. The molecule has 3 rings (SSSR count). The Morgan fingerprint density at radius 1 is 0.789 bits per heavy atom. The van der Waals surface area contributed by atoms with Crippen molar-refractivity contribution in [2.24, 2.45) is 0 Å². The standard InChI is InChI=1S/C18H16S/c1-13-15-10-6-7-11-16(15)17(12-18(13)19-2)14-8-4-3-5-9-14/h3-12H,1-2H3. The molecule has 0 heterocycles. The highest BCUT2D eigenvalue weighted by molar-refractivity contribution is 7.98. The minimum atomic E-state index is 1.29. The van der Waals surface area contributed by atoms with Crippen molar-refractivity contribution in [1.82, 2.24) is 0 Å². The minimum Gasteiger partial charge on any atom is -0.129 e. The van der Waals surface area contributed by atoms with Crippen molar-refractivity contribution < 1.29 is 0 Å². The lowest BCUT2D eigenvalue weighted by Crippen LogP contribution is -1.87. The van der Waals surface area contributed by atoms with E-state index in [2.05, 4.69) is 73.8 Å². The maximum Gasteiger partial charge on any atom is 0.0111 e. The van der Waals surface area contributed by atoms with Crippen LogP contribution in [0.5, 0.6) is 0 Å². The maximum absolute atomic E-state index is 2.32. The summed E-state index contributed by atoms with van der Waals surface area (Å²) in [5, 5.41) is 2.69. The zero-order valence-electron chi connectivity index (χ0n) is 11.2. The zero-order valence-corrected chi connectivity index (χ0v) is 12.0. The molecule has 0 N–H and O–H groups in total. The number of fused-ring (bicyclic) bond motifs is 1. The lowest BCUT2D eigenvalue weighted by Gasteiger charge is -2.13. The number of benzene rings is 3. The molecule has 0 spiro atoms. The van der Waals surface area contributed by atoms with Crippen LogP contribution >= 0.6 is 11.8 Å². The van der Waals surface area contributed by atoms with Crippen LogP contribution in [0.2, 0.25) is 0 Å². The second-order valence-electron chi connectivity index (χ2n) is 4.66. The molecule has 0 fully saturated rings. The summed E-state index contributed by atoms with van der Waals surface area (Å²) in [7, 11) is 0. The van der Waals surface area contributed by atoms with Crippen LogP contribution in [-0.2, 0) is 0 Å². The molecule has 0 aliphatic rings. The Labute approximate surface area is 118 Å². The second-order valence-corrected chi connectivity index (χ2v) is 5.51. The van der Waals surface area contributed by atoms with Gasteiger partial charge in [-0.3, -0.25) is 0 Å². The van der Waals surface area contributed by atoms with Gasteiger partial charge in [0, 0.05) is 4.90 Å². The first kappa shape index (κ1) is 12.3. The van der Waals surface area contributed by atoms with Crippen LogP contribution in [0, 0.1) is 6.92 Å². The largest absolute Gasteiger partial charge is 0.129 e. The fourth-order valence-corrected chi connectivity index (χ4v) is 3.22. The van der Waals surface area contributed by atoms with Gasteiger partial charge in [0.1, 0.15) is 0 Å². The fraction of sp³-hybridized carbons (Fsp3) is 0.111. The molecule has 3 aromatic carbocycles. The van der Waals surface area contributed by atoms with Gasteiger partial charge in [0.05, 0.1) is 0 Å². The number of rotatable bonds is 2. The van der Waals surface area contributed by atoms with Gasteiger partial charge in [-0.1, -0.05) is 54.6 Å². The van der Waals surface area contributed by atoms with Crippen molar-refractivity contribution in [2.75, 3.05) is 6.26 Å². The van der Waals surface area contributed by atoms with Crippen molar-refractivity contribution in [1.29, 1.82) is 0 Å². The molecule has 0 saturated heterocycles. The molecular formula is C18H16S. The first-order valence-corrected chi connectivity index (χ1v) is 7.65. The molecule has 1 heteroatoms. The molecule has 0 atom stereocenters. The van der Waals surface area contributed by atoms with Crippen LogP contribution in [-0.4, -0.2) is 6.26 Å². The Bertz CT molecular complexity index is 714. The number of aryl methyl sites for hydroxylation is 1. The monoisotopic (exact) mass is 264 g/mol. The molecule has 0 aromatic heterocycles. The minimum absolute atomic E-state index is 1.29. The van der Waals surface area contributed by atoms with Gasteiger partial charge in [0.15, 0.2) is 0 Å². The summed E-state index contributed by atoms with van der Waals surface area (Å²) in [4.78, 5) is 1.36. The van der Waals surface area contributed by atoms with E-state index in [-0.39, 0.29) is 0 Å². The van der Waals surface area contributed by atoms with Gasteiger partial charge in [-0.2, -0.15) is 0 Å². The predicted octanol–water partition coefficient (Wildman–Crippen LogP) is 5.54. The van der Waals surface area contributed by atoms with E-state index in [1.54, 1.807) is 0 Å². The first-order chi connectivity index (χ1) is 9.31. The van der Waals surface area contributed by atoms with Gasteiger partial charge >= 0.3 is 0 Å². The third kappa shape index (κ3) is 2.15. The van der Waals surface area contributed by atoms with E-state index >= 15 is 0 Å². The van der Waals surface area contributed by atoms with Crippen LogP contribution < -0.4 is 0 Å². The van der Waals surface area contributed by atoms with Crippen LogP contribution in [0.15, 0.2) is 65.6 Å². The van der Waals surface area contributed by atoms with E-state index in [0.29, 0.717) is 0 Å². The van der Waals surface area contributed by atoms with Crippen LogP contribution in [0.1, 0.15) is 5.56 Å². The third-order valence-corrected chi connectivity index (χ3v) is 4.43. The average Bonchev–Trinajstić information content (AvgIpc) is 2.49. The number of hydrogen-bond acceptors (Lipinski definition) is 1. The summed E-state index contributed by atoms with van der Waals surface area (Å²) in [5.41, 5.74) is 3.99. The molecule has 0 radical (unpaired) electrons. The molecule has 0 aliphatic carbocycles. The number of hydrogen-bond donors (Lipinski definition) is 0. The Kier molecular flexibility index (Phi) is 3.31. The fourth-order valence-electron chi connectivity index (χ4n) is 2.56. The summed E-state index contributed by atoms with van der Waals surface area (Å²) >= 11 is 1.82. The van der Waals surface area contributed by atoms with Crippen molar-refractivity contribution in [3.8, 4) is 11.1 Å². The molecule has 0 aliphatic heterocycles. The molecule has 0 saturated carbocycles. The summed E-state index contributed by atoms with van der Waals surface area (Å²) in [5.74, 6) is 0. The van der Waals surface area contributed by atoms with Gasteiger partial charge in [-0.15, -0.1) is 11.8 Å². The lowest BCUT2D eigenvalue weighted by molar-refractivity contribution is 1.35. The van der Waals surface area contributed by atoms with Crippen molar-refractivity contribution in [3.05, 3.63) is 66.2 Å². The smallest absolute Gasteiger partial charge is 0.0111 e. The van der Waals surface area contributed by atoms with Crippen LogP contribution in [0.4, 0.5) is 0 Å². The van der Waals surface area contributed by atoms with E-state index < -0.39 is 0 Å². The lowest BCUT2D eigenvalue weighted by atomic mass is 9.95. The molecule has 94 valence electrons. The van der Waals surface area contributed by atoms with Gasteiger partial charge in [-0.05, 0) is 46.7 Å². The molecule has 0 nitrogen and oxygen atoms in total. The van der Waals surface area contributed by atoms with Gasteiger partial charge in [0.25, 0.3) is 0 Å². The van der Waals surface area contributed by atoms with E-state index in [1.165, 1.54) is 32.4 Å². The Morgan fingerprint density at radius 3 is 2.11 bits per heavy atom. The van der Waals surface area contributed by atoms with Gasteiger partial charge in [-0.25, -0.2) is 0 Å². The summed E-state index contributed by atoms with van der Waals surface area (Å²) < 4.78 is 0. The average molecular weight is 264 g/mol. The van der Waals surface area contributed by atoms with Crippen molar-refractivity contribution in [2.45, 2.75) is 11.8 Å². The topological polar surface area (TPSA) is 0 Å². The predicted molar refractivity (Wildman–Crippen MR) is 85.9 cm³/mol. The second kappa shape index (κ2) is 5.10. The molecule has 0 unspecified atom stereocenters. The van der Waals surface area contributed by atoms with Crippen molar-refractivity contribution in [3.63, 3.8) is 0 Å². The highest BCUT2D eigenvalue weighted by Gasteiger charge is 2.09. The molecule has 0 amide bonds. The highest BCUT2D eigenvalue weighted by Crippen LogP contribution is 2.36. The molecule has 3 aromatic rings. The van der Waals surface area contributed by atoms with E-state index in [1.807, 2.05) is 11.8 Å². The number of thioether (sulfide) groups is 1. The summed E-state index contributed by atoms with van der Waals surface area (Å²) in [6, 6.07) is 21.6. The van der Waals surface area contributed by atoms with E-state index in [0.717, 1.165) is 0 Å². The quantitative estimate of drug-likeness (QED) is 0.548. The van der Waals surface area contributed by atoms with E-state index in [9.17, 15) is 0 Å². The van der Waals surface area contributed by atoms with E-state index in [4.69, 9.17) is 0 Å². The molecule has 19 heavy (non-hydrogen) atoms. The van der Waals surface area contributed by atoms with Gasteiger partial charge < -0.3 is 0 Å². The SMILES string of the molecule is CSc1cc(-c2ccccc2)c2ccccc2c1C. The molecular weight excluding hydrogens is 248 g/mol. The Balaban J connectivity index is 2.39. The van der Waals surface area contributed by atoms with Gasteiger partial charge in [0.2, 0.25) is 0 Å². The highest BCUT2D eigenvalue weighted by atomic mass is 32.2. The first-order valence-electron chi connectivity index (χ1n) is 6.43. The zero-order chi connectivity index (χ0) is 13.2. The van der Waals surface area contributed by atoms with Crippen LogP contribution in [0.3, 0.4) is 0 Å². The molecule has 0 bridgehead atoms.